The molecule has 0 spiro atoms. The Hall–Kier alpha value is -3.08. The third-order valence-corrected chi connectivity index (χ3v) is 3.60. The molecule has 1 N–H and O–H groups in total. The first kappa shape index (κ1) is 16.8. The Morgan fingerprint density at radius 2 is 1.60 bits per heavy atom. The Balaban J connectivity index is 1.39. The molecule has 0 fully saturated rings. The lowest BCUT2D eigenvalue weighted by atomic mass is 10.1. The van der Waals surface area contributed by atoms with E-state index in [9.17, 15) is 9.18 Å². The van der Waals surface area contributed by atoms with Crippen molar-refractivity contribution in [1.29, 1.82) is 0 Å². The highest BCUT2D eigenvalue weighted by Gasteiger charge is 2.03. The summed E-state index contributed by atoms with van der Waals surface area (Å²) in [5.74, 6) is 0.668. The van der Waals surface area contributed by atoms with Crippen molar-refractivity contribution in [2.24, 2.45) is 0 Å². The Morgan fingerprint density at radius 3 is 2.40 bits per heavy atom. The van der Waals surface area contributed by atoms with Crippen molar-refractivity contribution in [2.45, 2.75) is 0 Å². The molecule has 25 heavy (non-hydrogen) atoms. The maximum atomic E-state index is 12.8. The van der Waals surface area contributed by atoms with Crippen LogP contribution in [0.3, 0.4) is 0 Å². The molecule has 3 aromatic rings. The highest BCUT2D eigenvalue weighted by Crippen LogP contribution is 2.20. The van der Waals surface area contributed by atoms with Crippen LogP contribution in [0.2, 0.25) is 0 Å². The standard InChI is InChI=1S/C20H18FNO3/c21-17-6-9-18(10-7-17)24-12-11-22-20(23)14-25-19-8-5-15-3-1-2-4-16(15)13-19/h1-10,13H,11-12,14H2,(H,22,23). The van der Waals surface area contributed by atoms with Crippen LogP contribution in [0.25, 0.3) is 10.8 Å². The topological polar surface area (TPSA) is 47.6 Å². The van der Waals surface area contributed by atoms with Gasteiger partial charge in [0, 0.05) is 0 Å². The molecule has 0 atom stereocenters. The van der Waals surface area contributed by atoms with Crippen LogP contribution in [-0.2, 0) is 4.79 Å². The van der Waals surface area contributed by atoms with Crippen molar-refractivity contribution in [3.05, 3.63) is 72.5 Å². The molecule has 3 rings (SSSR count). The number of nitrogens with one attached hydrogen (secondary N) is 1. The molecule has 1 amide bonds. The summed E-state index contributed by atoms with van der Waals surface area (Å²) in [6.07, 6.45) is 0. The minimum atomic E-state index is -0.313. The molecule has 0 unspecified atom stereocenters. The first-order valence-corrected chi connectivity index (χ1v) is 7.97. The molecule has 0 heterocycles. The number of hydrogen-bond acceptors (Lipinski definition) is 3. The number of benzene rings is 3. The van der Waals surface area contributed by atoms with Crippen molar-refractivity contribution < 1.29 is 18.7 Å². The Morgan fingerprint density at radius 1 is 0.880 bits per heavy atom. The number of carbonyl (C=O) groups is 1. The van der Waals surface area contributed by atoms with Crippen LogP contribution >= 0.6 is 0 Å². The largest absolute Gasteiger partial charge is 0.492 e. The van der Waals surface area contributed by atoms with E-state index in [2.05, 4.69) is 5.32 Å². The summed E-state index contributed by atoms with van der Waals surface area (Å²) in [5, 5.41) is 4.89. The van der Waals surface area contributed by atoms with Crippen LogP contribution in [0, 0.1) is 5.82 Å². The molecule has 0 bridgehead atoms. The molecular weight excluding hydrogens is 321 g/mol. The van der Waals surface area contributed by atoms with Gasteiger partial charge >= 0.3 is 0 Å². The molecule has 0 aliphatic heterocycles. The van der Waals surface area contributed by atoms with E-state index in [0.717, 1.165) is 10.8 Å². The van der Waals surface area contributed by atoms with Crippen LogP contribution in [0.15, 0.2) is 66.7 Å². The summed E-state index contributed by atoms with van der Waals surface area (Å²) in [7, 11) is 0. The third kappa shape index (κ3) is 4.94. The zero-order valence-corrected chi connectivity index (χ0v) is 13.6. The summed E-state index contributed by atoms with van der Waals surface area (Å²) in [4.78, 5) is 11.8. The van der Waals surface area contributed by atoms with E-state index in [-0.39, 0.29) is 18.3 Å². The van der Waals surface area contributed by atoms with Gasteiger partial charge in [0.15, 0.2) is 6.61 Å². The van der Waals surface area contributed by atoms with E-state index in [0.29, 0.717) is 24.7 Å². The second-order valence-electron chi connectivity index (χ2n) is 5.45. The third-order valence-electron chi connectivity index (χ3n) is 3.60. The van der Waals surface area contributed by atoms with Gasteiger partial charge in [-0.1, -0.05) is 30.3 Å². The fourth-order valence-corrected chi connectivity index (χ4v) is 2.35. The van der Waals surface area contributed by atoms with Gasteiger partial charge < -0.3 is 14.8 Å². The SMILES string of the molecule is O=C(COc1ccc2ccccc2c1)NCCOc1ccc(F)cc1. The summed E-state index contributed by atoms with van der Waals surface area (Å²) in [6, 6.07) is 19.4. The maximum absolute atomic E-state index is 12.8. The molecule has 4 nitrogen and oxygen atoms in total. The average Bonchev–Trinajstić information content (AvgIpc) is 2.65. The van der Waals surface area contributed by atoms with Crippen molar-refractivity contribution in [1.82, 2.24) is 5.32 Å². The predicted molar refractivity (Wildman–Crippen MR) is 94.3 cm³/mol. The Bertz CT molecular complexity index is 849. The Kier molecular flexibility index (Phi) is 5.46. The van der Waals surface area contributed by atoms with Gasteiger partial charge in [-0.2, -0.15) is 0 Å². The maximum Gasteiger partial charge on any atom is 0.258 e. The number of hydrogen-bond donors (Lipinski definition) is 1. The number of fused-ring (bicyclic) bond motifs is 1. The van der Waals surface area contributed by atoms with Gasteiger partial charge in [0.2, 0.25) is 0 Å². The van der Waals surface area contributed by atoms with Crippen molar-refractivity contribution in [2.75, 3.05) is 19.8 Å². The minimum absolute atomic E-state index is 0.0606. The highest BCUT2D eigenvalue weighted by molar-refractivity contribution is 5.84. The molecule has 0 radical (unpaired) electrons. The van der Waals surface area contributed by atoms with E-state index in [1.165, 1.54) is 12.1 Å². The highest BCUT2D eigenvalue weighted by atomic mass is 19.1. The normalized spacial score (nSPS) is 10.4. The molecule has 0 aromatic heterocycles. The van der Waals surface area contributed by atoms with Gasteiger partial charge in [-0.05, 0) is 47.2 Å². The quantitative estimate of drug-likeness (QED) is 0.670. The van der Waals surface area contributed by atoms with Crippen molar-refractivity contribution >= 4 is 16.7 Å². The predicted octanol–water partition coefficient (Wildman–Crippen LogP) is 3.55. The summed E-state index contributed by atoms with van der Waals surface area (Å²) >= 11 is 0. The number of ether oxygens (including phenoxy) is 2. The van der Waals surface area contributed by atoms with Gasteiger partial charge in [0.25, 0.3) is 5.91 Å². The molecule has 0 saturated carbocycles. The van der Waals surface area contributed by atoms with Crippen LogP contribution in [0.1, 0.15) is 0 Å². The zero-order chi connectivity index (χ0) is 17.5. The number of rotatable bonds is 7. The van der Waals surface area contributed by atoms with Gasteiger partial charge in [0.05, 0.1) is 6.54 Å². The molecular formula is C20H18FNO3. The molecule has 0 aliphatic rings. The first-order valence-electron chi connectivity index (χ1n) is 7.97. The van der Waals surface area contributed by atoms with Gasteiger partial charge in [-0.3, -0.25) is 4.79 Å². The fraction of sp³-hybridized carbons (Fsp3) is 0.150. The lowest BCUT2D eigenvalue weighted by Gasteiger charge is -2.09. The van der Waals surface area contributed by atoms with Gasteiger partial charge in [-0.25, -0.2) is 4.39 Å². The number of amides is 1. The van der Waals surface area contributed by atoms with E-state index >= 15 is 0 Å². The second kappa shape index (κ2) is 8.15. The van der Waals surface area contributed by atoms with E-state index in [1.54, 1.807) is 12.1 Å². The van der Waals surface area contributed by atoms with Crippen molar-refractivity contribution in [3.63, 3.8) is 0 Å². The van der Waals surface area contributed by atoms with E-state index in [1.807, 2.05) is 42.5 Å². The Labute approximate surface area is 145 Å². The van der Waals surface area contributed by atoms with Crippen molar-refractivity contribution in [3.8, 4) is 11.5 Å². The second-order valence-corrected chi connectivity index (χ2v) is 5.45. The monoisotopic (exact) mass is 339 g/mol. The fourth-order valence-electron chi connectivity index (χ4n) is 2.35. The molecule has 5 heteroatoms. The number of carbonyl (C=O) groups excluding carboxylic acids is 1. The first-order chi connectivity index (χ1) is 12.2. The van der Waals surface area contributed by atoms with Crippen LogP contribution in [0.4, 0.5) is 4.39 Å². The van der Waals surface area contributed by atoms with Gasteiger partial charge in [-0.15, -0.1) is 0 Å². The average molecular weight is 339 g/mol. The summed E-state index contributed by atoms with van der Waals surface area (Å²) in [5.41, 5.74) is 0. The summed E-state index contributed by atoms with van der Waals surface area (Å²) in [6.45, 7) is 0.583. The minimum Gasteiger partial charge on any atom is -0.492 e. The molecule has 0 aliphatic carbocycles. The molecule has 128 valence electrons. The van der Waals surface area contributed by atoms with Crippen LogP contribution in [0.5, 0.6) is 11.5 Å². The van der Waals surface area contributed by atoms with E-state index < -0.39 is 0 Å². The lowest BCUT2D eigenvalue weighted by molar-refractivity contribution is -0.123. The number of halogens is 1. The zero-order valence-electron chi connectivity index (χ0n) is 13.6. The van der Waals surface area contributed by atoms with Crippen LogP contribution < -0.4 is 14.8 Å². The van der Waals surface area contributed by atoms with E-state index in [4.69, 9.17) is 9.47 Å². The smallest absolute Gasteiger partial charge is 0.258 e. The summed E-state index contributed by atoms with van der Waals surface area (Å²) < 4.78 is 23.7. The van der Waals surface area contributed by atoms with Gasteiger partial charge in [0.1, 0.15) is 23.9 Å². The molecule has 3 aromatic carbocycles. The lowest BCUT2D eigenvalue weighted by Crippen LogP contribution is -2.32. The van der Waals surface area contributed by atoms with Crippen LogP contribution in [-0.4, -0.2) is 25.7 Å². The molecule has 0 saturated heterocycles.